The first-order valence-electron chi connectivity index (χ1n) is 9.70. The predicted molar refractivity (Wildman–Crippen MR) is 117 cm³/mol. The van der Waals surface area contributed by atoms with Gasteiger partial charge in [-0.05, 0) is 25.1 Å². The van der Waals surface area contributed by atoms with Gasteiger partial charge in [-0.2, -0.15) is 0 Å². The minimum Gasteiger partial charge on any atom is -0.353 e. The van der Waals surface area contributed by atoms with E-state index in [1.807, 2.05) is 24.0 Å². The molecule has 3 aromatic rings. The molecule has 8 heteroatoms. The van der Waals surface area contributed by atoms with Gasteiger partial charge in [-0.3, -0.25) is 4.79 Å². The molecule has 152 valence electrons. The van der Waals surface area contributed by atoms with E-state index in [1.54, 1.807) is 12.1 Å². The molecule has 0 saturated carbocycles. The van der Waals surface area contributed by atoms with Crippen molar-refractivity contribution >= 4 is 45.8 Å². The quantitative estimate of drug-likeness (QED) is 0.654. The van der Waals surface area contributed by atoms with Gasteiger partial charge in [-0.25, -0.2) is 9.97 Å². The average Bonchev–Trinajstić information content (AvgIpc) is 3.03. The van der Waals surface area contributed by atoms with Crippen molar-refractivity contribution in [2.75, 3.05) is 31.1 Å². The summed E-state index contributed by atoms with van der Waals surface area (Å²) < 4.78 is 0. The van der Waals surface area contributed by atoms with Crippen molar-refractivity contribution in [2.24, 2.45) is 0 Å². The Labute approximate surface area is 179 Å². The minimum atomic E-state index is -0.0938. The summed E-state index contributed by atoms with van der Waals surface area (Å²) in [4.78, 5) is 29.4. The van der Waals surface area contributed by atoms with Crippen LogP contribution in [0.3, 0.4) is 0 Å². The van der Waals surface area contributed by atoms with Gasteiger partial charge in [0.25, 0.3) is 5.91 Å². The van der Waals surface area contributed by atoms with Crippen molar-refractivity contribution < 1.29 is 4.79 Å². The lowest BCUT2D eigenvalue weighted by atomic mass is 10.2. The number of aryl methyl sites for hydroxylation is 1. The van der Waals surface area contributed by atoms with Gasteiger partial charge in [0.05, 0.1) is 5.02 Å². The Kier molecular flexibility index (Phi) is 5.40. The fourth-order valence-corrected chi connectivity index (χ4v) is 4.03. The number of benzene rings is 1. The van der Waals surface area contributed by atoms with E-state index in [1.165, 1.54) is 0 Å². The lowest BCUT2D eigenvalue weighted by molar-refractivity contribution is 0.0741. The van der Waals surface area contributed by atoms with Gasteiger partial charge in [0.2, 0.25) is 0 Å². The predicted octanol–water partition coefficient (Wildman–Crippen LogP) is 4.66. The topological polar surface area (TPSA) is 65.1 Å². The summed E-state index contributed by atoms with van der Waals surface area (Å²) in [6.07, 6.45) is 0. The van der Waals surface area contributed by atoms with Crippen molar-refractivity contribution in [3.05, 3.63) is 51.5 Å². The number of carbonyl (C=O) groups excluding carboxylic acids is 1. The highest BCUT2D eigenvalue weighted by Crippen LogP contribution is 2.30. The third kappa shape index (κ3) is 3.91. The Morgan fingerprint density at radius 3 is 2.52 bits per heavy atom. The summed E-state index contributed by atoms with van der Waals surface area (Å²) in [6.45, 7) is 8.79. The highest BCUT2D eigenvalue weighted by Gasteiger charge is 2.26. The monoisotopic (exact) mass is 431 g/mol. The number of aromatic amines is 1. The Hall–Kier alpha value is -2.31. The van der Waals surface area contributed by atoms with E-state index in [-0.39, 0.29) is 11.8 Å². The van der Waals surface area contributed by atoms with Gasteiger partial charge in [0, 0.05) is 59.8 Å². The second kappa shape index (κ2) is 7.84. The maximum absolute atomic E-state index is 13.0. The highest BCUT2D eigenvalue weighted by atomic mass is 35.5. The van der Waals surface area contributed by atoms with E-state index in [4.69, 9.17) is 28.2 Å². The maximum atomic E-state index is 13.0. The van der Waals surface area contributed by atoms with Crippen molar-refractivity contribution in [3.8, 4) is 0 Å². The largest absolute Gasteiger partial charge is 0.353 e. The molecule has 0 unspecified atom stereocenters. The summed E-state index contributed by atoms with van der Waals surface area (Å²) in [5.74, 6) is 1.95. The summed E-state index contributed by atoms with van der Waals surface area (Å²) in [5, 5.41) is 1.77. The smallest absolute Gasteiger partial charge is 0.271 e. The SMILES string of the molecule is Cc1cc(N2CCN(C(=O)c3[nH]c4ccc(Cl)cc4c3Cl)CC2)nc(C(C)C)n1. The number of fused-ring (bicyclic) bond motifs is 1. The molecular weight excluding hydrogens is 409 g/mol. The van der Waals surface area contributed by atoms with Gasteiger partial charge in [0.15, 0.2) is 0 Å². The number of halogens is 2. The molecule has 4 rings (SSSR count). The third-order valence-electron chi connectivity index (χ3n) is 5.18. The maximum Gasteiger partial charge on any atom is 0.271 e. The second-order valence-corrected chi connectivity index (χ2v) is 8.48. The van der Waals surface area contributed by atoms with Gasteiger partial charge in [0.1, 0.15) is 17.3 Å². The van der Waals surface area contributed by atoms with Gasteiger partial charge < -0.3 is 14.8 Å². The van der Waals surface area contributed by atoms with Gasteiger partial charge in [-0.15, -0.1) is 0 Å². The Balaban J connectivity index is 1.50. The van der Waals surface area contributed by atoms with E-state index in [9.17, 15) is 4.79 Å². The normalized spacial score (nSPS) is 14.8. The Bertz CT molecular complexity index is 1070. The lowest BCUT2D eigenvalue weighted by Crippen LogP contribution is -2.49. The van der Waals surface area contributed by atoms with Crippen molar-refractivity contribution in [2.45, 2.75) is 26.7 Å². The molecule has 1 saturated heterocycles. The van der Waals surface area contributed by atoms with Crippen LogP contribution in [0.5, 0.6) is 0 Å². The van der Waals surface area contributed by atoms with Crippen LogP contribution in [0, 0.1) is 6.92 Å². The Morgan fingerprint density at radius 1 is 1.10 bits per heavy atom. The van der Waals surface area contributed by atoms with Crippen molar-refractivity contribution in [3.63, 3.8) is 0 Å². The van der Waals surface area contributed by atoms with E-state index >= 15 is 0 Å². The molecule has 1 amide bonds. The Morgan fingerprint density at radius 2 is 1.83 bits per heavy atom. The van der Waals surface area contributed by atoms with E-state index < -0.39 is 0 Å². The molecule has 0 spiro atoms. The van der Waals surface area contributed by atoms with Crippen molar-refractivity contribution in [1.29, 1.82) is 0 Å². The summed E-state index contributed by atoms with van der Waals surface area (Å²) in [7, 11) is 0. The van der Waals surface area contributed by atoms with Gasteiger partial charge in [-0.1, -0.05) is 37.0 Å². The zero-order valence-electron chi connectivity index (χ0n) is 16.7. The molecule has 1 N–H and O–H groups in total. The minimum absolute atomic E-state index is 0.0938. The molecule has 1 aliphatic heterocycles. The van der Waals surface area contributed by atoms with Crippen LogP contribution in [-0.4, -0.2) is 51.9 Å². The number of hydrogen-bond acceptors (Lipinski definition) is 4. The summed E-state index contributed by atoms with van der Waals surface area (Å²) in [5.41, 5.74) is 2.18. The number of hydrogen-bond donors (Lipinski definition) is 1. The molecule has 0 radical (unpaired) electrons. The fourth-order valence-electron chi connectivity index (χ4n) is 3.57. The lowest BCUT2D eigenvalue weighted by Gasteiger charge is -2.35. The van der Waals surface area contributed by atoms with Crippen LogP contribution >= 0.6 is 23.2 Å². The molecule has 1 aliphatic rings. The van der Waals surface area contributed by atoms with Crippen LogP contribution in [0.1, 0.15) is 41.8 Å². The zero-order chi connectivity index (χ0) is 20.7. The molecule has 1 aromatic carbocycles. The molecule has 0 aliphatic carbocycles. The summed E-state index contributed by atoms with van der Waals surface area (Å²) >= 11 is 12.5. The van der Waals surface area contributed by atoms with Gasteiger partial charge >= 0.3 is 0 Å². The van der Waals surface area contributed by atoms with Crippen molar-refractivity contribution in [1.82, 2.24) is 19.9 Å². The number of amides is 1. The first kappa shape index (κ1) is 20.0. The second-order valence-electron chi connectivity index (χ2n) is 7.66. The highest BCUT2D eigenvalue weighted by molar-refractivity contribution is 6.39. The number of nitrogens with one attached hydrogen (secondary N) is 1. The number of piperazine rings is 1. The zero-order valence-corrected chi connectivity index (χ0v) is 18.2. The van der Waals surface area contributed by atoms with Crippen LogP contribution in [-0.2, 0) is 0 Å². The molecule has 2 aromatic heterocycles. The molecule has 1 fully saturated rings. The van der Waals surface area contributed by atoms with Crippen LogP contribution < -0.4 is 4.90 Å². The number of rotatable bonds is 3. The van der Waals surface area contributed by atoms with E-state index in [0.29, 0.717) is 41.9 Å². The number of carbonyl (C=O) groups is 1. The third-order valence-corrected chi connectivity index (χ3v) is 5.80. The molecule has 6 nitrogen and oxygen atoms in total. The number of H-pyrrole nitrogens is 1. The first-order chi connectivity index (χ1) is 13.8. The molecule has 0 bridgehead atoms. The number of aromatic nitrogens is 3. The fraction of sp³-hybridized carbons (Fsp3) is 0.381. The number of nitrogens with zero attached hydrogens (tertiary/aromatic N) is 4. The average molecular weight is 432 g/mol. The van der Waals surface area contributed by atoms with E-state index in [0.717, 1.165) is 28.2 Å². The first-order valence-corrected chi connectivity index (χ1v) is 10.5. The molecule has 0 atom stereocenters. The molecular formula is C21H23Cl2N5O. The standard InChI is InChI=1S/C21H23Cl2N5O/c1-12(2)20-24-13(3)10-17(26-20)27-6-8-28(9-7-27)21(29)19-18(23)15-11-14(22)4-5-16(15)25-19/h4-5,10-12,25H,6-9H2,1-3H3. The van der Waals surface area contributed by atoms with E-state index in [2.05, 4.69) is 28.7 Å². The van der Waals surface area contributed by atoms with Crippen LogP contribution in [0.2, 0.25) is 10.0 Å². The molecule has 3 heterocycles. The summed E-state index contributed by atoms with van der Waals surface area (Å²) in [6, 6.07) is 7.39. The van der Waals surface area contributed by atoms with Crippen LogP contribution in [0.25, 0.3) is 10.9 Å². The van der Waals surface area contributed by atoms with Crippen LogP contribution in [0.15, 0.2) is 24.3 Å². The molecule has 29 heavy (non-hydrogen) atoms. The van der Waals surface area contributed by atoms with Crippen LogP contribution in [0.4, 0.5) is 5.82 Å². The number of anilines is 1.